The standard InChI is InChI=1S/C20H20N4O/c1-2-25-14-19-23-18-13-21-17-11-7-6-10-16(17)20(18)24(19)22-12-15-8-4-3-5-9-15/h3-11,13,22H,2,12,14H2,1H3. The van der Waals surface area contributed by atoms with Crippen molar-refractivity contribution in [3.63, 3.8) is 0 Å². The third-order valence-corrected chi connectivity index (χ3v) is 4.18. The summed E-state index contributed by atoms with van der Waals surface area (Å²) < 4.78 is 7.65. The van der Waals surface area contributed by atoms with Gasteiger partial charge in [-0.3, -0.25) is 4.98 Å². The first kappa shape index (κ1) is 15.6. The Bertz CT molecular complexity index is 995. The molecule has 2 aromatic carbocycles. The Morgan fingerprint density at radius 3 is 2.64 bits per heavy atom. The number of nitrogens with one attached hydrogen (secondary N) is 1. The summed E-state index contributed by atoms with van der Waals surface area (Å²) in [5.74, 6) is 0.853. The number of ether oxygens (including phenoxy) is 1. The van der Waals surface area contributed by atoms with Gasteiger partial charge in [0.2, 0.25) is 0 Å². The summed E-state index contributed by atoms with van der Waals surface area (Å²) in [6.07, 6.45) is 1.83. The van der Waals surface area contributed by atoms with Crippen LogP contribution in [0.2, 0.25) is 0 Å². The first-order valence-corrected chi connectivity index (χ1v) is 8.47. The van der Waals surface area contributed by atoms with Gasteiger partial charge in [-0.2, -0.15) is 0 Å². The van der Waals surface area contributed by atoms with Crippen LogP contribution in [0.4, 0.5) is 0 Å². The van der Waals surface area contributed by atoms with E-state index in [0.29, 0.717) is 19.8 Å². The highest BCUT2D eigenvalue weighted by molar-refractivity contribution is 6.02. The number of rotatable bonds is 6. The minimum atomic E-state index is 0.460. The highest BCUT2D eigenvalue weighted by Gasteiger charge is 2.14. The molecule has 0 unspecified atom stereocenters. The number of benzene rings is 2. The molecule has 0 atom stereocenters. The van der Waals surface area contributed by atoms with Crippen LogP contribution in [0.5, 0.6) is 0 Å². The number of nitrogens with zero attached hydrogens (tertiary/aromatic N) is 3. The molecule has 0 amide bonds. The maximum Gasteiger partial charge on any atom is 0.154 e. The molecule has 0 bridgehead atoms. The van der Waals surface area contributed by atoms with E-state index in [-0.39, 0.29) is 0 Å². The van der Waals surface area contributed by atoms with Gasteiger partial charge in [-0.1, -0.05) is 48.5 Å². The topological polar surface area (TPSA) is 52.0 Å². The molecule has 0 fully saturated rings. The second-order valence-electron chi connectivity index (χ2n) is 5.83. The van der Waals surface area contributed by atoms with Crippen molar-refractivity contribution >= 4 is 21.9 Å². The zero-order valence-electron chi connectivity index (χ0n) is 14.1. The SMILES string of the molecule is CCOCc1nc2cnc3ccccc3c2n1NCc1ccccc1. The molecule has 0 radical (unpaired) electrons. The Labute approximate surface area is 146 Å². The van der Waals surface area contributed by atoms with Crippen molar-refractivity contribution in [1.29, 1.82) is 0 Å². The summed E-state index contributed by atoms with van der Waals surface area (Å²) in [7, 11) is 0. The van der Waals surface area contributed by atoms with Crippen molar-refractivity contribution in [3.8, 4) is 0 Å². The van der Waals surface area contributed by atoms with Gasteiger partial charge >= 0.3 is 0 Å². The second-order valence-corrected chi connectivity index (χ2v) is 5.83. The predicted octanol–water partition coefficient (Wildman–Crippen LogP) is 3.86. The average Bonchev–Trinajstić information content (AvgIpc) is 3.03. The smallest absolute Gasteiger partial charge is 0.154 e. The Morgan fingerprint density at radius 1 is 1.00 bits per heavy atom. The Morgan fingerprint density at radius 2 is 1.80 bits per heavy atom. The molecule has 0 aliphatic carbocycles. The lowest BCUT2D eigenvalue weighted by molar-refractivity contribution is 0.127. The zero-order valence-corrected chi connectivity index (χ0v) is 14.1. The third kappa shape index (κ3) is 3.06. The van der Waals surface area contributed by atoms with Gasteiger partial charge in [-0.15, -0.1) is 0 Å². The van der Waals surface area contributed by atoms with Gasteiger partial charge in [-0.25, -0.2) is 9.66 Å². The number of imidazole rings is 1. The van der Waals surface area contributed by atoms with Crippen LogP contribution in [0.1, 0.15) is 18.3 Å². The highest BCUT2D eigenvalue weighted by atomic mass is 16.5. The van der Waals surface area contributed by atoms with Gasteiger partial charge in [-0.05, 0) is 18.6 Å². The molecular formula is C20H20N4O. The van der Waals surface area contributed by atoms with Crippen molar-refractivity contribution in [2.24, 2.45) is 0 Å². The van der Waals surface area contributed by atoms with E-state index in [1.165, 1.54) is 5.56 Å². The number of para-hydroxylation sites is 1. The molecule has 0 aliphatic heterocycles. The molecule has 0 saturated carbocycles. The zero-order chi connectivity index (χ0) is 17.1. The van der Waals surface area contributed by atoms with Crippen molar-refractivity contribution in [1.82, 2.24) is 14.6 Å². The van der Waals surface area contributed by atoms with Crippen LogP contribution in [0.15, 0.2) is 60.8 Å². The van der Waals surface area contributed by atoms with Gasteiger partial charge in [0.05, 0.1) is 18.3 Å². The first-order chi connectivity index (χ1) is 12.4. The molecule has 0 saturated heterocycles. The van der Waals surface area contributed by atoms with Crippen molar-refractivity contribution in [3.05, 3.63) is 72.2 Å². The molecule has 4 rings (SSSR count). The maximum absolute atomic E-state index is 5.61. The summed E-state index contributed by atoms with van der Waals surface area (Å²) in [6.45, 7) is 3.81. The fourth-order valence-corrected chi connectivity index (χ4v) is 2.98. The van der Waals surface area contributed by atoms with Gasteiger partial charge < -0.3 is 10.2 Å². The third-order valence-electron chi connectivity index (χ3n) is 4.18. The van der Waals surface area contributed by atoms with E-state index in [9.17, 15) is 0 Å². The average molecular weight is 332 g/mol. The van der Waals surface area contributed by atoms with Gasteiger partial charge in [0, 0.05) is 12.0 Å². The van der Waals surface area contributed by atoms with Crippen LogP contribution in [-0.4, -0.2) is 21.3 Å². The van der Waals surface area contributed by atoms with Gasteiger partial charge in [0.1, 0.15) is 17.6 Å². The number of aromatic nitrogens is 3. The number of pyridine rings is 1. The van der Waals surface area contributed by atoms with Crippen LogP contribution >= 0.6 is 0 Å². The molecule has 25 heavy (non-hydrogen) atoms. The summed E-state index contributed by atoms with van der Waals surface area (Å²) in [4.78, 5) is 9.24. The van der Waals surface area contributed by atoms with Crippen molar-refractivity contribution in [2.45, 2.75) is 20.1 Å². The molecule has 2 heterocycles. The van der Waals surface area contributed by atoms with E-state index in [2.05, 4.69) is 28.6 Å². The van der Waals surface area contributed by atoms with Crippen LogP contribution in [0, 0.1) is 0 Å². The van der Waals surface area contributed by atoms with Crippen molar-refractivity contribution in [2.75, 3.05) is 12.0 Å². The lowest BCUT2D eigenvalue weighted by Gasteiger charge is -2.13. The molecule has 126 valence electrons. The van der Waals surface area contributed by atoms with Crippen LogP contribution in [-0.2, 0) is 17.9 Å². The summed E-state index contributed by atoms with van der Waals surface area (Å²) in [5.41, 5.74) is 7.58. The van der Waals surface area contributed by atoms with E-state index in [1.54, 1.807) is 0 Å². The lowest BCUT2D eigenvalue weighted by atomic mass is 10.2. The lowest BCUT2D eigenvalue weighted by Crippen LogP contribution is -2.18. The van der Waals surface area contributed by atoms with E-state index in [0.717, 1.165) is 27.8 Å². The molecule has 0 aliphatic rings. The van der Waals surface area contributed by atoms with Crippen LogP contribution < -0.4 is 5.43 Å². The monoisotopic (exact) mass is 332 g/mol. The minimum absolute atomic E-state index is 0.460. The van der Waals surface area contributed by atoms with Crippen molar-refractivity contribution < 1.29 is 4.74 Å². The summed E-state index contributed by atoms with van der Waals surface area (Å²) >= 11 is 0. The predicted molar refractivity (Wildman–Crippen MR) is 99.9 cm³/mol. The number of fused-ring (bicyclic) bond motifs is 3. The van der Waals surface area contributed by atoms with Crippen LogP contribution in [0.25, 0.3) is 21.9 Å². The maximum atomic E-state index is 5.61. The number of hydrogen-bond donors (Lipinski definition) is 1. The molecule has 5 nitrogen and oxygen atoms in total. The molecule has 2 aromatic heterocycles. The van der Waals surface area contributed by atoms with E-state index < -0.39 is 0 Å². The Kier molecular flexibility index (Phi) is 4.31. The Hall–Kier alpha value is -2.92. The fraction of sp³-hybridized carbons (Fsp3) is 0.200. The fourth-order valence-electron chi connectivity index (χ4n) is 2.98. The van der Waals surface area contributed by atoms with E-state index in [4.69, 9.17) is 9.72 Å². The summed E-state index contributed by atoms with van der Waals surface area (Å²) in [5, 5.41) is 1.08. The largest absolute Gasteiger partial charge is 0.374 e. The summed E-state index contributed by atoms with van der Waals surface area (Å²) in [6, 6.07) is 18.5. The second kappa shape index (κ2) is 6.91. The minimum Gasteiger partial charge on any atom is -0.374 e. The highest BCUT2D eigenvalue weighted by Crippen LogP contribution is 2.24. The van der Waals surface area contributed by atoms with E-state index >= 15 is 0 Å². The molecule has 5 heteroatoms. The molecule has 0 spiro atoms. The van der Waals surface area contributed by atoms with Gasteiger partial charge in [0.25, 0.3) is 0 Å². The first-order valence-electron chi connectivity index (χ1n) is 8.47. The molecular weight excluding hydrogens is 312 g/mol. The van der Waals surface area contributed by atoms with E-state index in [1.807, 2.05) is 54.2 Å². The van der Waals surface area contributed by atoms with Crippen LogP contribution in [0.3, 0.4) is 0 Å². The number of hydrogen-bond acceptors (Lipinski definition) is 4. The quantitative estimate of drug-likeness (QED) is 0.582. The Balaban J connectivity index is 1.81. The normalized spacial score (nSPS) is 11.2. The molecule has 1 N–H and O–H groups in total. The van der Waals surface area contributed by atoms with Gasteiger partial charge in [0.15, 0.2) is 5.82 Å². The molecule has 4 aromatic rings.